The fourth-order valence-electron chi connectivity index (χ4n) is 0.369. The Kier molecular flexibility index (Phi) is 2.96. The summed E-state index contributed by atoms with van der Waals surface area (Å²) >= 11 is 0. The summed E-state index contributed by atoms with van der Waals surface area (Å²) in [6, 6.07) is 0. The summed E-state index contributed by atoms with van der Waals surface area (Å²) in [6.45, 7) is 0. The van der Waals surface area contributed by atoms with Gasteiger partial charge in [-0.05, 0) is 0 Å². The largest absolute Gasteiger partial charge is 0.481 e. The molecule has 0 heterocycles. The summed E-state index contributed by atoms with van der Waals surface area (Å²) in [7, 11) is 0. The minimum absolute atomic E-state index is 0.312. The van der Waals surface area contributed by atoms with Gasteiger partial charge in [0.25, 0.3) is 0 Å². The first-order valence-corrected chi connectivity index (χ1v) is 2.43. The Bertz CT molecular complexity index is 184. The Morgan fingerprint density at radius 3 is 2.00 bits per heavy atom. The molecular weight excluding hydrogens is 138 g/mol. The highest BCUT2D eigenvalue weighted by atomic mass is 16.4. The van der Waals surface area contributed by atoms with Crippen molar-refractivity contribution < 1.29 is 19.8 Å². The quantitative estimate of drug-likeness (QED) is 0.460. The van der Waals surface area contributed by atoms with Crippen LogP contribution in [-0.4, -0.2) is 22.2 Å². The Morgan fingerprint density at radius 1 is 1.40 bits per heavy atom. The van der Waals surface area contributed by atoms with Crippen molar-refractivity contribution in [3.8, 4) is 0 Å². The highest BCUT2D eigenvalue weighted by Gasteiger charge is 2.09. The second kappa shape index (κ2) is 3.49. The van der Waals surface area contributed by atoms with Gasteiger partial charge >= 0.3 is 11.9 Å². The minimum Gasteiger partial charge on any atom is -0.481 e. The summed E-state index contributed by atoms with van der Waals surface area (Å²) in [5.74, 6) is -2.51. The predicted molar refractivity (Wildman–Crippen MR) is 32.2 cm³/mol. The third-order valence-electron chi connectivity index (χ3n) is 0.818. The minimum atomic E-state index is -1.30. The smallest absolute Gasteiger partial charge is 0.333 e. The standard InChI is InChI=1S/C5H7NO4/c6-2-3(5(9)10)1-4(7)8/h2H,1,6H2,(H,7,8)(H,9,10). The molecule has 0 atom stereocenters. The van der Waals surface area contributed by atoms with Gasteiger partial charge < -0.3 is 15.9 Å². The van der Waals surface area contributed by atoms with E-state index in [1.165, 1.54) is 0 Å². The average Bonchev–Trinajstić information content (AvgIpc) is 1.81. The van der Waals surface area contributed by atoms with Crippen LogP contribution in [0.5, 0.6) is 0 Å². The maximum Gasteiger partial charge on any atom is 0.333 e. The molecule has 0 aliphatic carbocycles. The molecule has 0 radical (unpaired) electrons. The number of rotatable bonds is 3. The molecule has 0 aliphatic heterocycles. The van der Waals surface area contributed by atoms with E-state index in [-0.39, 0.29) is 5.57 Å². The molecule has 0 spiro atoms. The molecule has 0 saturated carbocycles. The van der Waals surface area contributed by atoms with Crippen molar-refractivity contribution in [2.24, 2.45) is 5.73 Å². The number of carbonyl (C=O) groups is 2. The maximum atomic E-state index is 10.1. The van der Waals surface area contributed by atoms with Crippen LogP contribution >= 0.6 is 0 Å². The first-order chi connectivity index (χ1) is 4.57. The van der Waals surface area contributed by atoms with Gasteiger partial charge in [-0.1, -0.05) is 0 Å². The summed E-state index contributed by atoms with van der Waals surface area (Å²) < 4.78 is 0. The Hall–Kier alpha value is -1.52. The van der Waals surface area contributed by atoms with Crippen LogP contribution in [0.2, 0.25) is 0 Å². The van der Waals surface area contributed by atoms with Gasteiger partial charge in [0, 0.05) is 6.20 Å². The lowest BCUT2D eigenvalue weighted by molar-refractivity contribution is -0.139. The van der Waals surface area contributed by atoms with E-state index in [4.69, 9.17) is 15.9 Å². The van der Waals surface area contributed by atoms with Crippen LogP contribution < -0.4 is 5.73 Å². The number of nitrogens with two attached hydrogens (primary N) is 1. The van der Waals surface area contributed by atoms with Gasteiger partial charge in [-0.15, -0.1) is 0 Å². The molecule has 4 N–H and O–H groups in total. The topological polar surface area (TPSA) is 101 Å². The van der Waals surface area contributed by atoms with E-state index in [2.05, 4.69) is 0 Å². The van der Waals surface area contributed by atoms with Gasteiger partial charge in [-0.3, -0.25) is 4.79 Å². The molecule has 0 fully saturated rings. The van der Waals surface area contributed by atoms with E-state index >= 15 is 0 Å². The van der Waals surface area contributed by atoms with Crippen molar-refractivity contribution in [2.45, 2.75) is 6.42 Å². The fourth-order valence-corrected chi connectivity index (χ4v) is 0.369. The zero-order valence-corrected chi connectivity index (χ0v) is 5.07. The third-order valence-corrected chi connectivity index (χ3v) is 0.818. The van der Waals surface area contributed by atoms with Crippen molar-refractivity contribution in [1.82, 2.24) is 0 Å². The average molecular weight is 145 g/mol. The Morgan fingerprint density at radius 2 is 1.90 bits per heavy atom. The zero-order chi connectivity index (χ0) is 8.15. The lowest BCUT2D eigenvalue weighted by Crippen LogP contribution is -2.08. The number of carboxylic acid groups (broad SMARTS) is 2. The summed E-state index contributed by atoms with van der Waals surface area (Å²) in [6.07, 6.45) is 0.224. The van der Waals surface area contributed by atoms with Crippen LogP contribution in [0.25, 0.3) is 0 Å². The second-order valence-corrected chi connectivity index (χ2v) is 1.57. The van der Waals surface area contributed by atoms with E-state index in [1.54, 1.807) is 0 Å². The van der Waals surface area contributed by atoms with Crippen LogP contribution in [0.1, 0.15) is 6.42 Å². The first kappa shape index (κ1) is 8.48. The summed E-state index contributed by atoms with van der Waals surface area (Å²) in [4.78, 5) is 20.0. The lowest BCUT2D eigenvalue weighted by Gasteiger charge is -1.93. The van der Waals surface area contributed by atoms with Crippen molar-refractivity contribution in [3.63, 3.8) is 0 Å². The van der Waals surface area contributed by atoms with E-state index in [0.717, 1.165) is 6.20 Å². The van der Waals surface area contributed by atoms with Crippen LogP contribution in [0.4, 0.5) is 0 Å². The van der Waals surface area contributed by atoms with E-state index in [9.17, 15) is 9.59 Å². The van der Waals surface area contributed by atoms with Crippen LogP contribution in [0.3, 0.4) is 0 Å². The van der Waals surface area contributed by atoms with Gasteiger partial charge in [0.15, 0.2) is 0 Å². The van der Waals surface area contributed by atoms with E-state index < -0.39 is 18.4 Å². The zero-order valence-electron chi connectivity index (χ0n) is 5.07. The van der Waals surface area contributed by atoms with Crippen molar-refractivity contribution in [3.05, 3.63) is 11.8 Å². The van der Waals surface area contributed by atoms with Gasteiger partial charge in [-0.2, -0.15) is 0 Å². The molecule has 0 aromatic heterocycles. The molecule has 0 aliphatic rings. The predicted octanol–water partition coefficient (Wildman–Crippen LogP) is -0.612. The molecular formula is C5H7NO4. The Labute approximate surface area is 56.8 Å². The molecule has 0 unspecified atom stereocenters. The molecule has 5 heteroatoms. The van der Waals surface area contributed by atoms with Crippen LogP contribution in [0.15, 0.2) is 11.8 Å². The molecule has 56 valence electrons. The number of aliphatic carboxylic acids is 2. The Balaban J connectivity index is 4.12. The van der Waals surface area contributed by atoms with Crippen molar-refractivity contribution in [1.29, 1.82) is 0 Å². The van der Waals surface area contributed by atoms with Gasteiger partial charge in [0.2, 0.25) is 0 Å². The third kappa shape index (κ3) is 2.71. The maximum absolute atomic E-state index is 10.1. The molecule has 0 amide bonds. The van der Waals surface area contributed by atoms with Crippen LogP contribution in [0, 0.1) is 0 Å². The molecule has 10 heavy (non-hydrogen) atoms. The first-order valence-electron chi connectivity index (χ1n) is 2.43. The molecule has 0 bridgehead atoms. The van der Waals surface area contributed by atoms with Crippen molar-refractivity contribution >= 4 is 11.9 Å². The monoisotopic (exact) mass is 145 g/mol. The van der Waals surface area contributed by atoms with Crippen molar-refractivity contribution in [2.75, 3.05) is 0 Å². The van der Waals surface area contributed by atoms with Gasteiger partial charge in [0.05, 0.1) is 12.0 Å². The van der Waals surface area contributed by atoms with E-state index in [0.29, 0.717) is 0 Å². The second-order valence-electron chi connectivity index (χ2n) is 1.57. The molecule has 0 aromatic rings. The molecule has 5 nitrogen and oxygen atoms in total. The fraction of sp³-hybridized carbons (Fsp3) is 0.200. The summed E-state index contributed by atoms with van der Waals surface area (Å²) in [5.41, 5.74) is 4.50. The highest BCUT2D eigenvalue weighted by molar-refractivity contribution is 5.91. The number of hydrogen-bond donors (Lipinski definition) is 3. The SMILES string of the molecule is NC=C(CC(=O)O)C(=O)O. The normalized spacial score (nSPS) is 11.0. The van der Waals surface area contributed by atoms with E-state index in [1.807, 2.05) is 0 Å². The van der Waals surface area contributed by atoms with Gasteiger partial charge in [-0.25, -0.2) is 4.79 Å². The highest BCUT2D eigenvalue weighted by Crippen LogP contribution is 1.97. The molecule has 0 saturated heterocycles. The molecule has 0 rings (SSSR count). The van der Waals surface area contributed by atoms with Gasteiger partial charge in [0.1, 0.15) is 0 Å². The van der Waals surface area contributed by atoms with Crippen LogP contribution in [-0.2, 0) is 9.59 Å². The molecule has 0 aromatic carbocycles. The summed E-state index contributed by atoms with van der Waals surface area (Å²) in [5, 5.41) is 16.3. The number of hydrogen-bond acceptors (Lipinski definition) is 3. The number of carboxylic acids is 2. The lowest BCUT2D eigenvalue weighted by atomic mass is 10.2.